The third-order valence-electron chi connectivity index (χ3n) is 4.50. The Bertz CT molecular complexity index is 1360. The molecule has 4 aromatic carbocycles. The minimum absolute atomic E-state index is 0.290. The van der Waals surface area contributed by atoms with Gasteiger partial charge in [-0.1, -0.05) is 36.4 Å². The molecule has 0 spiro atoms. The number of nitrogens with one attached hydrogen (secondary N) is 2. The molecule has 0 unspecified atom stereocenters. The van der Waals surface area contributed by atoms with Gasteiger partial charge in [0.05, 0.1) is 10.6 Å². The second-order valence-electron chi connectivity index (χ2n) is 6.46. The van der Waals surface area contributed by atoms with E-state index in [4.69, 9.17) is 0 Å². The molecule has 0 radical (unpaired) electrons. The third-order valence-corrected chi connectivity index (χ3v) is 5.33. The lowest BCUT2D eigenvalue weighted by molar-refractivity contribution is 0.262. The molecule has 4 N–H and O–H groups in total. The number of phenols is 1. The highest BCUT2D eigenvalue weighted by Gasteiger charge is 2.14. The molecule has 7 nitrogen and oxygen atoms in total. The SMILES string of the molecule is O=C(Nc1ccc2c(O)cc(S(=O)(=O)O)cc2c1)Nc1cccc2ccccc12. The number of carbonyl (C=O) groups excluding carboxylic acids is 1. The largest absolute Gasteiger partial charge is 0.507 e. The van der Waals surface area contributed by atoms with Crippen LogP contribution in [0.1, 0.15) is 0 Å². The molecular weight excluding hydrogens is 392 g/mol. The lowest BCUT2D eigenvalue weighted by atomic mass is 10.1. The first kappa shape index (κ1) is 18.7. The maximum atomic E-state index is 12.4. The van der Waals surface area contributed by atoms with Crippen LogP contribution < -0.4 is 10.6 Å². The van der Waals surface area contributed by atoms with Gasteiger partial charge in [-0.2, -0.15) is 8.42 Å². The highest BCUT2D eigenvalue weighted by Crippen LogP contribution is 2.31. The molecule has 0 fully saturated rings. The van der Waals surface area contributed by atoms with E-state index in [1.165, 1.54) is 12.1 Å². The summed E-state index contributed by atoms with van der Waals surface area (Å²) >= 11 is 0. The number of urea groups is 1. The molecule has 0 bridgehead atoms. The standard InChI is InChI=1S/C21H16N2O5S/c24-20-12-16(29(26,27)28)11-14-10-15(8-9-18(14)20)22-21(25)23-19-7-3-5-13-4-1-2-6-17(13)19/h1-12,24H,(H2,22,23,25)(H,26,27,28). The molecule has 146 valence electrons. The quantitative estimate of drug-likeness (QED) is 0.370. The van der Waals surface area contributed by atoms with Crippen molar-refractivity contribution in [1.82, 2.24) is 0 Å². The van der Waals surface area contributed by atoms with Gasteiger partial charge in [-0.25, -0.2) is 4.79 Å². The van der Waals surface area contributed by atoms with Gasteiger partial charge in [0, 0.05) is 22.5 Å². The van der Waals surface area contributed by atoms with Crippen molar-refractivity contribution in [2.24, 2.45) is 0 Å². The molecule has 29 heavy (non-hydrogen) atoms. The van der Waals surface area contributed by atoms with Crippen LogP contribution in [0.3, 0.4) is 0 Å². The Hall–Kier alpha value is -3.62. The van der Waals surface area contributed by atoms with Gasteiger partial charge in [0.25, 0.3) is 10.1 Å². The molecule has 0 aliphatic rings. The number of rotatable bonds is 3. The minimum atomic E-state index is -4.47. The summed E-state index contributed by atoms with van der Waals surface area (Å²) < 4.78 is 32.0. The van der Waals surface area contributed by atoms with Crippen LogP contribution in [0, 0.1) is 0 Å². The van der Waals surface area contributed by atoms with Crippen LogP contribution in [0.25, 0.3) is 21.5 Å². The Morgan fingerprint density at radius 1 is 0.793 bits per heavy atom. The number of benzene rings is 4. The number of aromatic hydroxyl groups is 1. The Kier molecular flexibility index (Phi) is 4.57. The van der Waals surface area contributed by atoms with E-state index in [2.05, 4.69) is 10.6 Å². The van der Waals surface area contributed by atoms with Crippen molar-refractivity contribution in [1.29, 1.82) is 0 Å². The van der Waals surface area contributed by atoms with Crippen LogP contribution in [0.5, 0.6) is 5.75 Å². The van der Waals surface area contributed by atoms with E-state index in [9.17, 15) is 22.9 Å². The molecular formula is C21H16N2O5S. The second kappa shape index (κ2) is 7.08. The van der Waals surface area contributed by atoms with Gasteiger partial charge in [-0.3, -0.25) is 4.55 Å². The number of phenolic OH excluding ortho intramolecular Hbond substituents is 1. The molecule has 4 aromatic rings. The number of anilines is 2. The number of fused-ring (bicyclic) bond motifs is 2. The summed E-state index contributed by atoms with van der Waals surface area (Å²) in [6.07, 6.45) is 0. The van der Waals surface area contributed by atoms with E-state index in [-0.39, 0.29) is 5.75 Å². The molecule has 0 saturated heterocycles. The zero-order valence-corrected chi connectivity index (χ0v) is 15.8. The summed E-state index contributed by atoms with van der Waals surface area (Å²) in [5, 5.41) is 18.1. The van der Waals surface area contributed by atoms with E-state index >= 15 is 0 Å². The zero-order chi connectivity index (χ0) is 20.6. The molecule has 0 heterocycles. The van der Waals surface area contributed by atoms with E-state index in [0.29, 0.717) is 22.1 Å². The molecule has 0 aliphatic heterocycles. The van der Waals surface area contributed by atoms with Crippen LogP contribution in [0.4, 0.5) is 16.2 Å². The summed E-state index contributed by atoms with van der Waals surface area (Å²) in [4.78, 5) is 12.0. The highest BCUT2D eigenvalue weighted by molar-refractivity contribution is 7.85. The lowest BCUT2D eigenvalue weighted by Crippen LogP contribution is -2.19. The summed E-state index contributed by atoms with van der Waals surface area (Å²) in [7, 11) is -4.47. The molecule has 8 heteroatoms. The Morgan fingerprint density at radius 2 is 1.55 bits per heavy atom. The molecule has 0 aromatic heterocycles. The van der Waals surface area contributed by atoms with E-state index in [1.807, 2.05) is 36.4 Å². The monoisotopic (exact) mass is 408 g/mol. The molecule has 0 saturated carbocycles. The van der Waals surface area contributed by atoms with Crippen molar-refractivity contribution >= 4 is 49.1 Å². The first-order valence-corrected chi connectivity index (χ1v) is 10.1. The summed E-state index contributed by atoms with van der Waals surface area (Å²) in [6, 6.07) is 19.6. The number of amides is 2. The number of carbonyl (C=O) groups is 1. The van der Waals surface area contributed by atoms with Gasteiger partial charge < -0.3 is 15.7 Å². The smallest absolute Gasteiger partial charge is 0.323 e. The van der Waals surface area contributed by atoms with Crippen molar-refractivity contribution in [3.05, 3.63) is 72.8 Å². The number of hydrogen-bond acceptors (Lipinski definition) is 4. The van der Waals surface area contributed by atoms with Crippen LogP contribution in [-0.2, 0) is 10.1 Å². The molecule has 0 aliphatic carbocycles. The van der Waals surface area contributed by atoms with E-state index < -0.39 is 21.0 Å². The average Bonchev–Trinajstić information content (AvgIpc) is 2.67. The summed E-state index contributed by atoms with van der Waals surface area (Å²) in [5.74, 6) is -0.290. The van der Waals surface area contributed by atoms with Crippen molar-refractivity contribution in [3.8, 4) is 5.75 Å². The van der Waals surface area contributed by atoms with Crippen LogP contribution in [0.2, 0.25) is 0 Å². The minimum Gasteiger partial charge on any atom is -0.507 e. The van der Waals surface area contributed by atoms with E-state index in [1.54, 1.807) is 18.2 Å². The third kappa shape index (κ3) is 3.84. The molecule has 0 atom stereocenters. The second-order valence-corrected chi connectivity index (χ2v) is 7.88. The average molecular weight is 408 g/mol. The van der Waals surface area contributed by atoms with Gasteiger partial charge in [0.2, 0.25) is 0 Å². The fraction of sp³-hybridized carbons (Fsp3) is 0. The predicted octanol–water partition coefficient (Wildman–Crippen LogP) is 4.59. The fourth-order valence-corrected chi connectivity index (χ4v) is 3.71. The fourth-order valence-electron chi connectivity index (χ4n) is 3.17. The zero-order valence-electron chi connectivity index (χ0n) is 15.0. The van der Waals surface area contributed by atoms with Crippen molar-refractivity contribution in [3.63, 3.8) is 0 Å². The lowest BCUT2D eigenvalue weighted by Gasteiger charge is -2.11. The van der Waals surface area contributed by atoms with Gasteiger partial charge in [0.15, 0.2) is 0 Å². The summed E-state index contributed by atoms with van der Waals surface area (Å²) in [6.45, 7) is 0. The van der Waals surface area contributed by atoms with Gasteiger partial charge >= 0.3 is 6.03 Å². The molecule has 2 amide bonds. The van der Waals surface area contributed by atoms with Gasteiger partial charge in [-0.15, -0.1) is 0 Å². The van der Waals surface area contributed by atoms with Crippen LogP contribution >= 0.6 is 0 Å². The Balaban J connectivity index is 1.62. The van der Waals surface area contributed by atoms with Crippen molar-refractivity contribution in [2.45, 2.75) is 4.90 Å². The maximum absolute atomic E-state index is 12.4. The molecule has 4 rings (SSSR count). The van der Waals surface area contributed by atoms with Crippen molar-refractivity contribution < 1.29 is 22.9 Å². The predicted molar refractivity (Wildman–Crippen MR) is 112 cm³/mol. The highest BCUT2D eigenvalue weighted by atomic mass is 32.2. The van der Waals surface area contributed by atoms with E-state index in [0.717, 1.165) is 16.8 Å². The Morgan fingerprint density at radius 3 is 2.34 bits per heavy atom. The van der Waals surface area contributed by atoms with Gasteiger partial charge in [0.1, 0.15) is 5.75 Å². The van der Waals surface area contributed by atoms with Crippen LogP contribution in [0.15, 0.2) is 77.7 Å². The first-order valence-electron chi connectivity index (χ1n) is 8.61. The maximum Gasteiger partial charge on any atom is 0.323 e. The normalized spacial score (nSPS) is 11.5. The number of hydrogen-bond donors (Lipinski definition) is 4. The first-order chi connectivity index (χ1) is 13.8. The van der Waals surface area contributed by atoms with Crippen LogP contribution in [-0.4, -0.2) is 24.1 Å². The topological polar surface area (TPSA) is 116 Å². The Labute approximate surface area is 166 Å². The van der Waals surface area contributed by atoms with Gasteiger partial charge in [-0.05, 0) is 41.1 Å². The van der Waals surface area contributed by atoms with Crippen molar-refractivity contribution in [2.75, 3.05) is 10.6 Å². The summed E-state index contributed by atoms with van der Waals surface area (Å²) in [5.41, 5.74) is 1.04.